The Labute approximate surface area is 156 Å². The van der Waals surface area contributed by atoms with Gasteiger partial charge in [0, 0.05) is 22.8 Å². The van der Waals surface area contributed by atoms with Gasteiger partial charge < -0.3 is 15.0 Å². The lowest BCUT2D eigenvalue weighted by atomic mass is 10.1. The number of benzene rings is 1. The van der Waals surface area contributed by atoms with Gasteiger partial charge in [-0.15, -0.1) is 0 Å². The maximum Gasteiger partial charge on any atom is 0.278 e. The SMILES string of the molecule is O=C(NOCCO)c1c(Nc2ccc(Br)cc2F)cc(=O)n2c1CCC2. The van der Waals surface area contributed by atoms with Crippen molar-refractivity contribution in [1.29, 1.82) is 0 Å². The number of anilines is 2. The topological polar surface area (TPSA) is 92.6 Å². The van der Waals surface area contributed by atoms with Crippen LogP contribution in [0.4, 0.5) is 15.8 Å². The van der Waals surface area contributed by atoms with Gasteiger partial charge in [-0.2, -0.15) is 0 Å². The van der Waals surface area contributed by atoms with Gasteiger partial charge in [0.1, 0.15) is 5.82 Å². The number of halogens is 2. The van der Waals surface area contributed by atoms with Crippen LogP contribution in [-0.2, 0) is 17.8 Å². The lowest BCUT2D eigenvalue weighted by molar-refractivity contribution is 0.0168. The molecule has 0 unspecified atom stereocenters. The fourth-order valence-electron chi connectivity index (χ4n) is 2.91. The summed E-state index contributed by atoms with van der Waals surface area (Å²) >= 11 is 3.18. The number of hydroxylamine groups is 1. The minimum Gasteiger partial charge on any atom is -0.394 e. The number of carbonyl (C=O) groups excluding carboxylic acids is 1. The summed E-state index contributed by atoms with van der Waals surface area (Å²) in [5.41, 5.74) is 3.12. The van der Waals surface area contributed by atoms with Gasteiger partial charge >= 0.3 is 0 Å². The molecule has 7 nitrogen and oxygen atoms in total. The van der Waals surface area contributed by atoms with E-state index in [2.05, 4.69) is 26.7 Å². The van der Waals surface area contributed by atoms with Crippen molar-refractivity contribution in [2.24, 2.45) is 0 Å². The standard InChI is InChI=1S/C17H17BrFN3O4/c18-10-3-4-12(11(19)8-10)20-13-9-15(24)22-5-1-2-14(22)16(13)17(25)21-26-7-6-23/h3-4,8-9,20,23H,1-2,5-7H2,(H,21,25). The highest BCUT2D eigenvalue weighted by molar-refractivity contribution is 9.10. The Morgan fingerprint density at radius 3 is 2.88 bits per heavy atom. The van der Waals surface area contributed by atoms with E-state index in [0.29, 0.717) is 23.1 Å². The molecule has 1 aliphatic heterocycles. The maximum absolute atomic E-state index is 14.2. The molecule has 3 N–H and O–H groups in total. The number of amides is 1. The van der Waals surface area contributed by atoms with Gasteiger partial charge in [0.25, 0.3) is 11.5 Å². The molecule has 9 heteroatoms. The van der Waals surface area contributed by atoms with Crippen molar-refractivity contribution < 1.29 is 19.1 Å². The van der Waals surface area contributed by atoms with E-state index in [-0.39, 0.29) is 35.7 Å². The molecular formula is C17H17BrFN3O4. The van der Waals surface area contributed by atoms with Gasteiger partial charge in [0.05, 0.1) is 30.2 Å². The molecule has 0 aliphatic carbocycles. The molecule has 1 aromatic carbocycles. The largest absolute Gasteiger partial charge is 0.394 e. The Morgan fingerprint density at radius 2 is 2.15 bits per heavy atom. The first-order valence-corrected chi connectivity index (χ1v) is 8.82. The summed E-state index contributed by atoms with van der Waals surface area (Å²) in [5, 5.41) is 11.6. The van der Waals surface area contributed by atoms with Crippen LogP contribution in [0.5, 0.6) is 0 Å². The Hall–Kier alpha value is -2.23. The quantitative estimate of drug-likeness (QED) is 0.486. The Morgan fingerprint density at radius 1 is 1.35 bits per heavy atom. The number of hydrogen-bond acceptors (Lipinski definition) is 5. The van der Waals surface area contributed by atoms with Gasteiger partial charge in [-0.1, -0.05) is 15.9 Å². The van der Waals surface area contributed by atoms with Crippen LogP contribution >= 0.6 is 15.9 Å². The summed E-state index contributed by atoms with van der Waals surface area (Å²) in [5.74, 6) is -1.09. The van der Waals surface area contributed by atoms with Crippen LogP contribution in [0.2, 0.25) is 0 Å². The van der Waals surface area contributed by atoms with Crippen LogP contribution < -0.4 is 16.4 Å². The molecule has 0 atom stereocenters. The summed E-state index contributed by atoms with van der Waals surface area (Å²) in [4.78, 5) is 29.8. The summed E-state index contributed by atoms with van der Waals surface area (Å²) in [6, 6.07) is 5.72. The van der Waals surface area contributed by atoms with E-state index in [0.717, 1.165) is 6.42 Å². The van der Waals surface area contributed by atoms with E-state index in [1.165, 1.54) is 22.8 Å². The van der Waals surface area contributed by atoms with Crippen LogP contribution in [0.15, 0.2) is 33.5 Å². The van der Waals surface area contributed by atoms with E-state index in [4.69, 9.17) is 9.94 Å². The van der Waals surface area contributed by atoms with Crippen molar-refractivity contribution in [1.82, 2.24) is 10.0 Å². The van der Waals surface area contributed by atoms with E-state index < -0.39 is 11.7 Å². The monoisotopic (exact) mass is 425 g/mol. The van der Waals surface area contributed by atoms with Crippen molar-refractivity contribution in [3.63, 3.8) is 0 Å². The third-order valence-corrected chi connectivity index (χ3v) is 4.49. The van der Waals surface area contributed by atoms with Crippen LogP contribution in [0.25, 0.3) is 0 Å². The summed E-state index contributed by atoms with van der Waals surface area (Å²) in [6.07, 6.45) is 1.29. The predicted molar refractivity (Wildman–Crippen MR) is 96.9 cm³/mol. The van der Waals surface area contributed by atoms with Gasteiger partial charge in [-0.3, -0.25) is 14.4 Å². The molecule has 0 fully saturated rings. The molecule has 0 spiro atoms. The van der Waals surface area contributed by atoms with E-state index in [1.807, 2.05) is 0 Å². The molecule has 0 radical (unpaired) electrons. The molecule has 3 rings (SSSR count). The first-order chi connectivity index (χ1) is 12.5. The van der Waals surface area contributed by atoms with Gasteiger partial charge in [-0.25, -0.2) is 9.87 Å². The molecule has 0 bridgehead atoms. The van der Waals surface area contributed by atoms with E-state index >= 15 is 0 Å². The van der Waals surface area contributed by atoms with E-state index in [9.17, 15) is 14.0 Å². The third-order valence-electron chi connectivity index (χ3n) is 4.00. The molecule has 1 aliphatic rings. The molecular weight excluding hydrogens is 409 g/mol. The molecule has 0 saturated heterocycles. The van der Waals surface area contributed by atoms with Crippen LogP contribution in [0, 0.1) is 5.82 Å². The predicted octanol–water partition coefficient (Wildman–Crippen LogP) is 2.09. The lowest BCUT2D eigenvalue weighted by Gasteiger charge is -2.17. The number of fused-ring (bicyclic) bond motifs is 1. The minimum atomic E-state index is -0.566. The van der Waals surface area contributed by atoms with Crippen LogP contribution in [-0.4, -0.2) is 28.8 Å². The molecule has 26 heavy (non-hydrogen) atoms. The summed E-state index contributed by atoms with van der Waals surface area (Å²) in [7, 11) is 0. The van der Waals surface area contributed by atoms with Crippen LogP contribution in [0.1, 0.15) is 22.5 Å². The van der Waals surface area contributed by atoms with Crippen molar-refractivity contribution in [2.75, 3.05) is 18.5 Å². The molecule has 1 amide bonds. The first kappa shape index (κ1) is 18.6. The second-order valence-corrected chi connectivity index (χ2v) is 6.64. The van der Waals surface area contributed by atoms with Crippen molar-refractivity contribution in [3.8, 4) is 0 Å². The highest BCUT2D eigenvalue weighted by Gasteiger charge is 2.25. The van der Waals surface area contributed by atoms with Gasteiger partial charge in [-0.05, 0) is 31.0 Å². The number of carbonyl (C=O) groups is 1. The van der Waals surface area contributed by atoms with Crippen molar-refractivity contribution in [3.05, 3.63) is 56.2 Å². The van der Waals surface area contributed by atoms with Crippen molar-refractivity contribution >= 4 is 33.2 Å². The molecule has 2 heterocycles. The fraction of sp³-hybridized carbons (Fsp3) is 0.294. The smallest absolute Gasteiger partial charge is 0.278 e. The number of aliphatic hydroxyl groups is 1. The van der Waals surface area contributed by atoms with Crippen LogP contribution in [0.3, 0.4) is 0 Å². The lowest BCUT2D eigenvalue weighted by Crippen LogP contribution is -2.30. The molecule has 0 saturated carbocycles. The number of aliphatic hydroxyl groups excluding tert-OH is 1. The number of pyridine rings is 1. The average molecular weight is 426 g/mol. The second-order valence-electron chi connectivity index (χ2n) is 5.73. The fourth-order valence-corrected chi connectivity index (χ4v) is 3.24. The number of nitrogens with zero attached hydrogens (tertiary/aromatic N) is 1. The second kappa shape index (κ2) is 7.98. The molecule has 2 aromatic rings. The number of hydrogen-bond donors (Lipinski definition) is 3. The molecule has 138 valence electrons. The Bertz CT molecular complexity index is 900. The zero-order valence-electron chi connectivity index (χ0n) is 13.7. The number of nitrogens with one attached hydrogen (secondary N) is 2. The van der Waals surface area contributed by atoms with Gasteiger partial charge in [0.15, 0.2) is 0 Å². The number of aromatic nitrogens is 1. The van der Waals surface area contributed by atoms with Crippen molar-refractivity contribution in [2.45, 2.75) is 19.4 Å². The highest BCUT2D eigenvalue weighted by atomic mass is 79.9. The van der Waals surface area contributed by atoms with Gasteiger partial charge in [0.2, 0.25) is 0 Å². The van der Waals surface area contributed by atoms with E-state index in [1.54, 1.807) is 6.07 Å². The first-order valence-electron chi connectivity index (χ1n) is 8.03. The third kappa shape index (κ3) is 3.79. The average Bonchev–Trinajstić information content (AvgIpc) is 3.07. The highest BCUT2D eigenvalue weighted by Crippen LogP contribution is 2.28. The Balaban J connectivity index is 2.02. The zero-order valence-corrected chi connectivity index (χ0v) is 15.3. The zero-order chi connectivity index (χ0) is 18.7. The summed E-state index contributed by atoms with van der Waals surface area (Å²) in [6.45, 7) is 0.214. The normalized spacial score (nSPS) is 12.7. The minimum absolute atomic E-state index is 0.0647. The summed E-state index contributed by atoms with van der Waals surface area (Å²) < 4.78 is 16.3. The Kier molecular flexibility index (Phi) is 5.70. The number of rotatable bonds is 6. The maximum atomic E-state index is 14.2. The molecule has 1 aromatic heterocycles.